The Hall–Kier alpha value is -2.81. The van der Waals surface area contributed by atoms with Gasteiger partial charge < -0.3 is 9.47 Å². The number of aromatic nitrogens is 2. The van der Waals surface area contributed by atoms with Crippen molar-refractivity contribution >= 4 is 27.8 Å². The summed E-state index contributed by atoms with van der Waals surface area (Å²) in [7, 11) is 1.35. The highest BCUT2D eigenvalue weighted by molar-refractivity contribution is 7.18. The number of hydrogen-bond donors (Lipinski definition) is 0. The highest BCUT2D eigenvalue weighted by Crippen LogP contribution is 2.29. The van der Waals surface area contributed by atoms with E-state index >= 15 is 0 Å². The lowest BCUT2D eigenvalue weighted by Crippen LogP contribution is -2.16. The molecular weight excluding hydrogens is 364 g/mol. The van der Waals surface area contributed by atoms with E-state index in [0.717, 1.165) is 16.0 Å². The van der Waals surface area contributed by atoms with Crippen molar-refractivity contribution in [2.75, 3.05) is 7.11 Å². The molecule has 0 amide bonds. The number of aryl methyl sites for hydroxylation is 1. The van der Waals surface area contributed by atoms with Crippen molar-refractivity contribution in [1.82, 2.24) is 9.66 Å². The van der Waals surface area contributed by atoms with Crippen molar-refractivity contribution in [2.45, 2.75) is 20.0 Å². The molecule has 0 N–H and O–H groups in total. The average molecular weight is 379 g/mol. The van der Waals surface area contributed by atoms with E-state index in [2.05, 4.69) is 14.8 Å². The van der Waals surface area contributed by atoms with Gasteiger partial charge in [0.2, 0.25) is 0 Å². The van der Waals surface area contributed by atoms with Crippen LogP contribution in [0.25, 0.3) is 10.2 Å². The summed E-state index contributed by atoms with van der Waals surface area (Å²) < 4.78 is 35.2. The van der Waals surface area contributed by atoms with E-state index in [0.29, 0.717) is 15.8 Å². The van der Waals surface area contributed by atoms with Gasteiger partial charge in [0.15, 0.2) is 11.5 Å². The van der Waals surface area contributed by atoms with Crippen LogP contribution in [0.4, 0.5) is 8.78 Å². The second kappa shape index (κ2) is 7.61. The molecule has 26 heavy (non-hydrogen) atoms. The molecule has 6 nitrogen and oxygen atoms in total. The molecule has 0 radical (unpaired) electrons. The molecule has 0 spiro atoms. The molecule has 3 rings (SSSR count). The molecule has 0 aliphatic rings. The zero-order valence-electron chi connectivity index (χ0n) is 14.0. The number of rotatable bonds is 6. The highest BCUT2D eigenvalue weighted by atomic mass is 32.1. The highest BCUT2D eigenvalue weighted by Gasteiger charge is 2.11. The first-order chi connectivity index (χ1) is 12.5. The smallest absolute Gasteiger partial charge is 0.387 e. The first-order valence-corrected chi connectivity index (χ1v) is 8.50. The Morgan fingerprint density at radius 3 is 2.85 bits per heavy atom. The Morgan fingerprint density at radius 1 is 1.35 bits per heavy atom. The number of methoxy groups -OCH3 is 1. The summed E-state index contributed by atoms with van der Waals surface area (Å²) in [6.07, 6.45) is 3.59. The van der Waals surface area contributed by atoms with E-state index < -0.39 is 6.61 Å². The lowest BCUT2D eigenvalue weighted by Gasteiger charge is -2.09. The number of fused-ring (bicyclic) bond motifs is 1. The van der Waals surface area contributed by atoms with Gasteiger partial charge in [-0.05, 0) is 36.2 Å². The number of benzene rings is 1. The SMILES string of the molecule is CCc1cc2c(=O)n(/N=C\c3ccc(OC(F)F)c(OC)c3)cnc2s1. The van der Waals surface area contributed by atoms with Gasteiger partial charge in [-0.15, -0.1) is 11.3 Å². The number of halogens is 2. The van der Waals surface area contributed by atoms with Crippen molar-refractivity contribution in [3.05, 3.63) is 51.4 Å². The quantitative estimate of drug-likeness (QED) is 0.615. The van der Waals surface area contributed by atoms with Gasteiger partial charge in [-0.1, -0.05) is 6.92 Å². The molecule has 0 unspecified atom stereocenters. The zero-order chi connectivity index (χ0) is 18.7. The van der Waals surface area contributed by atoms with Crippen molar-refractivity contribution in [2.24, 2.45) is 5.10 Å². The molecule has 0 atom stereocenters. The summed E-state index contributed by atoms with van der Waals surface area (Å²) in [6.45, 7) is -0.936. The largest absolute Gasteiger partial charge is 0.493 e. The van der Waals surface area contributed by atoms with Gasteiger partial charge in [0, 0.05) is 4.88 Å². The van der Waals surface area contributed by atoms with Crippen LogP contribution in [0.3, 0.4) is 0 Å². The van der Waals surface area contributed by atoms with Crippen molar-refractivity contribution in [3.8, 4) is 11.5 Å². The maximum absolute atomic E-state index is 12.5. The lowest BCUT2D eigenvalue weighted by atomic mass is 10.2. The van der Waals surface area contributed by atoms with Gasteiger partial charge >= 0.3 is 6.61 Å². The average Bonchev–Trinajstić information content (AvgIpc) is 3.06. The van der Waals surface area contributed by atoms with Crippen LogP contribution in [-0.4, -0.2) is 29.6 Å². The van der Waals surface area contributed by atoms with Gasteiger partial charge in [0.25, 0.3) is 5.56 Å². The van der Waals surface area contributed by atoms with Crippen LogP contribution < -0.4 is 15.0 Å². The van der Waals surface area contributed by atoms with E-state index in [-0.39, 0.29) is 17.1 Å². The van der Waals surface area contributed by atoms with E-state index in [4.69, 9.17) is 4.74 Å². The number of alkyl halides is 2. The fourth-order valence-corrected chi connectivity index (χ4v) is 3.23. The molecule has 0 fully saturated rings. The van der Waals surface area contributed by atoms with Crippen molar-refractivity contribution < 1.29 is 18.3 Å². The van der Waals surface area contributed by atoms with Crippen LogP contribution in [0.2, 0.25) is 0 Å². The van der Waals surface area contributed by atoms with Crippen LogP contribution >= 0.6 is 11.3 Å². The maximum Gasteiger partial charge on any atom is 0.387 e. The molecular formula is C17H15F2N3O3S. The molecule has 3 aromatic rings. The topological polar surface area (TPSA) is 65.7 Å². The summed E-state index contributed by atoms with van der Waals surface area (Å²) >= 11 is 1.48. The molecule has 1 aromatic carbocycles. The Bertz CT molecular complexity index is 1010. The number of ether oxygens (including phenoxy) is 2. The first-order valence-electron chi connectivity index (χ1n) is 7.69. The van der Waals surface area contributed by atoms with Gasteiger partial charge in [-0.2, -0.15) is 18.6 Å². The Morgan fingerprint density at radius 2 is 2.15 bits per heavy atom. The third kappa shape index (κ3) is 3.72. The third-order valence-corrected chi connectivity index (χ3v) is 4.76. The summed E-state index contributed by atoms with van der Waals surface area (Å²) in [6, 6.07) is 6.18. The van der Waals surface area contributed by atoms with Gasteiger partial charge in [-0.3, -0.25) is 4.79 Å². The minimum absolute atomic E-state index is 0.0785. The van der Waals surface area contributed by atoms with E-state index in [1.54, 1.807) is 0 Å². The van der Waals surface area contributed by atoms with Crippen LogP contribution in [0.1, 0.15) is 17.4 Å². The predicted molar refractivity (Wildman–Crippen MR) is 95.9 cm³/mol. The summed E-state index contributed by atoms with van der Waals surface area (Å²) in [5, 5.41) is 4.62. The molecule has 0 saturated heterocycles. The van der Waals surface area contributed by atoms with Gasteiger partial charge in [0.05, 0.1) is 18.7 Å². The van der Waals surface area contributed by atoms with Crippen LogP contribution in [0, 0.1) is 0 Å². The molecule has 136 valence electrons. The van der Waals surface area contributed by atoms with Crippen molar-refractivity contribution in [3.63, 3.8) is 0 Å². The molecule has 0 aliphatic heterocycles. The zero-order valence-corrected chi connectivity index (χ0v) is 14.8. The monoisotopic (exact) mass is 379 g/mol. The fourth-order valence-electron chi connectivity index (χ4n) is 2.31. The first kappa shape index (κ1) is 18.0. The molecule has 0 bridgehead atoms. The molecule has 9 heteroatoms. The van der Waals surface area contributed by atoms with E-state index in [1.165, 1.54) is 49.2 Å². The second-order valence-corrected chi connectivity index (χ2v) is 6.33. The standard InChI is InChI=1S/C17H15F2N3O3S/c1-3-11-7-12-15(26-11)20-9-22(16(12)23)21-8-10-4-5-13(25-17(18)19)14(6-10)24-2/h4-9,17H,3H2,1-2H3/b21-8-. The van der Waals surface area contributed by atoms with Crippen LogP contribution in [-0.2, 0) is 6.42 Å². The van der Waals surface area contributed by atoms with E-state index in [1.807, 2.05) is 13.0 Å². The Kier molecular flexibility index (Phi) is 5.27. The number of hydrogen-bond acceptors (Lipinski definition) is 6. The second-order valence-electron chi connectivity index (χ2n) is 5.21. The molecule has 0 aliphatic carbocycles. The Balaban J connectivity index is 1.91. The molecule has 0 saturated carbocycles. The van der Waals surface area contributed by atoms with Crippen LogP contribution in [0.15, 0.2) is 40.5 Å². The van der Waals surface area contributed by atoms with Crippen molar-refractivity contribution in [1.29, 1.82) is 0 Å². The predicted octanol–water partition coefficient (Wildman–Crippen LogP) is 3.51. The Labute approximate surface area is 151 Å². The normalized spacial score (nSPS) is 11.6. The summed E-state index contributed by atoms with van der Waals surface area (Å²) in [5.74, 6) is 0.0610. The summed E-state index contributed by atoms with van der Waals surface area (Å²) in [5.41, 5.74) is 0.279. The number of thiophene rings is 1. The minimum Gasteiger partial charge on any atom is -0.493 e. The van der Waals surface area contributed by atoms with Crippen LogP contribution in [0.5, 0.6) is 11.5 Å². The molecule has 2 aromatic heterocycles. The molecule has 2 heterocycles. The van der Waals surface area contributed by atoms with Gasteiger partial charge in [-0.25, -0.2) is 4.98 Å². The maximum atomic E-state index is 12.5. The number of nitrogens with zero attached hydrogens (tertiary/aromatic N) is 3. The van der Waals surface area contributed by atoms with E-state index in [9.17, 15) is 13.6 Å². The third-order valence-electron chi connectivity index (χ3n) is 3.57. The lowest BCUT2D eigenvalue weighted by molar-refractivity contribution is -0.0512. The van der Waals surface area contributed by atoms with Gasteiger partial charge in [0.1, 0.15) is 11.2 Å². The summed E-state index contributed by atoms with van der Waals surface area (Å²) in [4.78, 5) is 18.5. The minimum atomic E-state index is -2.95. The fraction of sp³-hybridized carbons (Fsp3) is 0.235.